The van der Waals surface area contributed by atoms with E-state index in [0.717, 1.165) is 43.1 Å². The highest BCUT2D eigenvalue weighted by molar-refractivity contribution is 7.89. The fourth-order valence-electron chi connectivity index (χ4n) is 4.49. The molecule has 0 aliphatic heterocycles. The van der Waals surface area contributed by atoms with E-state index in [2.05, 4.69) is 20.0 Å². The molecule has 0 unspecified atom stereocenters. The number of fused-ring (bicyclic) bond motifs is 1. The lowest BCUT2D eigenvalue weighted by atomic mass is 9.82. The molecule has 1 heterocycles. The van der Waals surface area contributed by atoms with Gasteiger partial charge in [0.1, 0.15) is 16.5 Å². The number of benzene rings is 2. The van der Waals surface area contributed by atoms with Crippen molar-refractivity contribution < 1.29 is 22.7 Å². The summed E-state index contributed by atoms with van der Waals surface area (Å²) in [5, 5.41) is 4.14. The summed E-state index contributed by atoms with van der Waals surface area (Å²) in [7, 11) is -1.24. The first kappa shape index (κ1) is 25.6. The molecule has 1 aromatic heterocycles. The fourth-order valence-corrected chi connectivity index (χ4v) is 5.80. The number of methoxy groups -OCH3 is 2. The zero-order chi connectivity index (χ0) is 25.7. The average molecular weight is 514 g/mol. The smallest absolute Gasteiger partial charge is 0.337 e. The van der Waals surface area contributed by atoms with Crippen molar-refractivity contribution in [3.8, 4) is 5.75 Å². The Kier molecular flexibility index (Phi) is 7.90. The zero-order valence-corrected chi connectivity index (χ0v) is 21.2. The molecule has 1 fully saturated rings. The molecule has 4 rings (SSSR count). The molecule has 1 saturated carbocycles. The molecule has 10 nitrogen and oxygen atoms in total. The van der Waals surface area contributed by atoms with E-state index >= 15 is 0 Å². The summed E-state index contributed by atoms with van der Waals surface area (Å²) in [6.07, 6.45) is 3.72. The third-order valence-electron chi connectivity index (χ3n) is 6.58. The van der Waals surface area contributed by atoms with Gasteiger partial charge >= 0.3 is 5.97 Å². The number of sulfonamides is 1. The molecule has 11 heteroatoms. The Morgan fingerprint density at radius 1 is 1.03 bits per heavy atom. The number of nitrogens with one attached hydrogen (secondary N) is 2. The number of hydrogen-bond donors (Lipinski definition) is 3. The third-order valence-corrected chi connectivity index (χ3v) is 8.03. The topological polar surface area (TPSA) is 146 Å². The number of carbonyl (C=O) groups excluding carboxylic acids is 1. The Hall–Kier alpha value is -3.44. The Morgan fingerprint density at radius 3 is 2.42 bits per heavy atom. The van der Waals surface area contributed by atoms with Gasteiger partial charge in [0, 0.05) is 18.5 Å². The predicted octanol–water partition coefficient (Wildman–Crippen LogP) is 3.20. The highest BCUT2D eigenvalue weighted by atomic mass is 32.2. The van der Waals surface area contributed by atoms with Crippen molar-refractivity contribution in [1.29, 1.82) is 0 Å². The molecule has 0 atom stereocenters. The minimum absolute atomic E-state index is 0.0829. The molecule has 0 spiro atoms. The highest BCUT2D eigenvalue weighted by Crippen LogP contribution is 2.30. The van der Waals surface area contributed by atoms with Crippen molar-refractivity contribution >= 4 is 38.7 Å². The quantitative estimate of drug-likeness (QED) is 0.367. The Balaban J connectivity index is 1.30. The number of carbonyl (C=O) groups is 1. The summed E-state index contributed by atoms with van der Waals surface area (Å²) in [6.45, 7) is 1.05. The van der Waals surface area contributed by atoms with E-state index in [9.17, 15) is 13.2 Å². The Bertz CT molecular complexity index is 1340. The number of nitrogens with two attached hydrogens (primary N) is 1. The van der Waals surface area contributed by atoms with Crippen molar-refractivity contribution in [2.24, 2.45) is 11.8 Å². The van der Waals surface area contributed by atoms with Crippen LogP contribution in [-0.2, 0) is 14.8 Å². The second kappa shape index (κ2) is 11.1. The number of hydrogen-bond acceptors (Lipinski definition) is 9. The number of aromatic nitrogens is 2. The third kappa shape index (κ3) is 5.85. The minimum Gasteiger partial charge on any atom is -0.495 e. The van der Waals surface area contributed by atoms with E-state index in [-0.39, 0.29) is 22.1 Å². The largest absolute Gasteiger partial charge is 0.495 e. The van der Waals surface area contributed by atoms with Crippen molar-refractivity contribution in [3.05, 3.63) is 48.0 Å². The number of anilines is 2. The van der Waals surface area contributed by atoms with Gasteiger partial charge in [0.15, 0.2) is 0 Å². The summed E-state index contributed by atoms with van der Waals surface area (Å²) in [6, 6.07) is 11.8. The van der Waals surface area contributed by atoms with Crippen LogP contribution >= 0.6 is 0 Å². The number of para-hydroxylation sites is 1. The molecule has 0 amide bonds. The van der Waals surface area contributed by atoms with Gasteiger partial charge in [0.2, 0.25) is 16.0 Å². The lowest BCUT2D eigenvalue weighted by Crippen LogP contribution is -2.32. The maximum Gasteiger partial charge on any atom is 0.337 e. The molecule has 0 radical (unpaired) electrons. The molecule has 4 N–H and O–H groups in total. The zero-order valence-electron chi connectivity index (χ0n) is 20.4. The first-order chi connectivity index (χ1) is 17.3. The van der Waals surface area contributed by atoms with Crippen molar-refractivity contribution in [3.63, 3.8) is 0 Å². The number of nitrogen functional groups attached to an aromatic ring is 1. The lowest BCUT2D eigenvalue weighted by molar-refractivity contribution is 0.0600. The standard InChI is InChI=1S/C25H31N5O5S/c1-34-21-12-11-18(24(31)35-2)13-22(21)36(32,33)28-15-17-9-7-16(8-10-17)14-27-25-29-20-6-4-3-5-19(20)23(26)30-25/h3-6,11-13,16-17,28H,7-10,14-15H2,1-2H3,(H3,26,27,29,30). The SMILES string of the molecule is COC(=O)c1ccc(OC)c(S(=O)(=O)NCC2CCC(CNc3nc(N)c4ccccc4n3)CC2)c1. The van der Waals surface area contributed by atoms with Crippen molar-refractivity contribution in [2.75, 3.05) is 38.4 Å². The van der Waals surface area contributed by atoms with Gasteiger partial charge in [-0.15, -0.1) is 0 Å². The van der Waals surface area contributed by atoms with E-state index in [1.165, 1.54) is 32.4 Å². The fraction of sp³-hybridized carbons (Fsp3) is 0.400. The summed E-state index contributed by atoms with van der Waals surface area (Å²) >= 11 is 0. The van der Waals surface area contributed by atoms with Gasteiger partial charge in [-0.1, -0.05) is 12.1 Å². The van der Waals surface area contributed by atoms with Crippen LogP contribution in [0.4, 0.5) is 11.8 Å². The van der Waals surface area contributed by atoms with Crippen LogP contribution in [0.25, 0.3) is 10.9 Å². The predicted molar refractivity (Wildman–Crippen MR) is 137 cm³/mol. The molecule has 192 valence electrons. The minimum atomic E-state index is -3.87. The molecular formula is C25H31N5O5S. The highest BCUT2D eigenvalue weighted by Gasteiger charge is 2.26. The maximum absolute atomic E-state index is 13.0. The Morgan fingerprint density at radius 2 is 1.72 bits per heavy atom. The van der Waals surface area contributed by atoms with Gasteiger partial charge in [0.25, 0.3) is 0 Å². The van der Waals surface area contributed by atoms with E-state index in [4.69, 9.17) is 15.2 Å². The number of nitrogens with zero attached hydrogens (tertiary/aromatic N) is 2. The average Bonchev–Trinajstić information content (AvgIpc) is 2.90. The second-order valence-corrected chi connectivity index (χ2v) is 10.7. The number of esters is 1. The van der Waals surface area contributed by atoms with Crippen LogP contribution in [0.3, 0.4) is 0 Å². The molecule has 0 saturated heterocycles. The second-order valence-electron chi connectivity index (χ2n) is 8.93. The summed E-state index contributed by atoms with van der Waals surface area (Å²) in [5.74, 6) is 1.18. The van der Waals surface area contributed by atoms with Crippen LogP contribution in [0.5, 0.6) is 5.75 Å². The molecule has 3 aromatic rings. The van der Waals surface area contributed by atoms with Gasteiger partial charge < -0.3 is 20.5 Å². The van der Waals surface area contributed by atoms with E-state index in [0.29, 0.717) is 24.2 Å². The van der Waals surface area contributed by atoms with E-state index in [1.807, 2.05) is 24.3 Å². The summed E-state index contributed by atoms with van der Waals surface area (Å²) in [4.78, 5) is 20.7. The van der Waals surface area contributed by atoms with E-state index < -0.39 is 16.0 Å². The van der Waals surface area contributed by atoms with Gasteiger partial charge in [-0.05, 0) is 67.9 Å². The van der Waals surface area contributed by atoms with Gasteiger partial charge in [-0.2, -0.15) is 4.98 Å². The number of ether oxygens (including phenoxy) is 2. The van der Waals surface area contributed by atoms with Crippen molar-refractivity contribution in [1.82, 2.24) is 14.7 Å². The molecule has 1 aliphatic carbocycles. The monoisotopic (exact) mass is 513 g/mol. The molecule has 36 heavy (non-hydrogen) atoms. The van der Waals surface area contributed by atoms with Gasteiger partial charge in [0.05, 0.1) is 25.3 Å². The molecular weight excluding hydrogens is 482 g/mol. The van der Waals surface area contributed by atoms with Gasteiger partial charge in [-0.25, -0.2) is 22.9 Å². The van der Waals surface area contributed by atoms with Crippen LogP contribution in [0, 0.1) is 11.8 Å². The molecule has 1 aliphatic rings. The van der Waals surface area contributed by atoms with Crippen LogP contribution < -0.4 is 20.5 Å². The first-order valence-corrected chi connectivity index (χ1v) is 13.3. The Labute approximate surface area is 210 Å². The van der Waals surface area contributed by atoms with E-state index in [1.54, 1.807) is 0 Å². The van der Waals surface area contributed by atoms with Crippen LogP contribution in [0.15, 0.2) is 47.4 Å². The van der Waals surface area contributed by atoms with Crippen LogP contribution in [-0.4, -0.2) is 51.7 Å². The maximum atomic E-state index is 13.0. The molecule has 0 bridgehead atoms. The first-order valence-electron chi connectivity index (χ1n) is 11.8. The van der Waals surface area contributed by atoms with Crippen LogP contribution in [0.2, 0.25) is 0 Å². The summed E-state index contributed by atoms with van der Waals surface area (Å²) in [5.41, 5.74) is 7.01. The lowest BCUT2D eigenvalue weighted by Gasteiger charge is -2.28. The van der Waals surface area contributed by atoms with Crippen molar-refractivity contribution in [2.45, 2.75) is 30.6 Å². The molecule has 2 aromatic carbocycles. The number of rotatable bonds is 9. The van der Waals surface area contributed by atoms with Crippen LogP contribution in [0.1, 0.15) is 36.0 Å². The van der Waals surface area contributed by atoms with Gasteiger partial charge in [-0.3, -0.25) is 0 Å². The normalized spacial score (nSPS) is 18.1. The summed E-state index contributed by atoms with van der Waals surface area (Å²) < 4.78 is 38.6.